The molecule has 18 heavy (non-hydrogen) atoms. The number of hydrogen-bond acceptors (Lipinski definition) is 4. The molecule has 0 aliphatic carbocycles. The molecule has 6 heteroatoms. The topological polar surface area (TPSA) is 85.3 Å². The minimum Gasteiger partial charge on any atom is -0.469 e. The monoisotopic (exact) mass is 264 g/mol. The molecule has 0 saturated heterocycles. The van der Waals surface area contributed by atoms with Crippen molar-refractivity contribution < 1.29 is 14.0 Å². The van der Waals surface area contributed by atoms with Crippen LogP contribution in [0.5, 0.6) is 0 Å². The molecule has 2 amide bonds. The molecule has 0 aliphatic heterocycles. The molecule has 0 fully saturated rings. The summed E-state index contributed by atoms with van der Waals surface area (Å²) in [7, 11) is 0. The van der Waals surface area contributed by atoms with E-state index in [9.17, 15) is 9.59 Å². The Morgan fingerprint density at radius 2 is 2.22 bits per heavy atom. The van der Waals surface area contributed by atoms with Crippen LogP contribution in [-0.4, -0.2) is 18.4 Å². The molecule has 2 heterocycles. The highest BCUT2D eigenvalue weighted by atomic mass is 32.1. The van der Waals surface area contributed by atoms with E-state index in [1.165, 1.54) is 0 Å². The van der Waals surface area contributed by atoms with E-state index in [2.05, 4.69) is 5.32 Å². The van der Waals surface area contributed by atoms with Gasteiger partial charge in [-0.2, -0.15) is 0 Å². The van der Waals surface area contributed by atoms with Crippen molar-refractivity contribution in [2.75, 3.05) is 6.54 Å². The molecule has 2 aromatic heterocycles. The van der Waals surface area contributed by atoms with Gasteiger partial charge in [-0.15, -0.1) is 11.3 Å². The van der Waals surface area contributed by atoms with Crippen LogP contribution in [0.15, 0.2) is 40.3 Å². The van der Waals surface area contributed by atoms with Crippen molar-refractivity contribution >= 4 is 23.2 Å². The van der Waals surface area contributed by atoms with Gasteiger partial charge in [0, 0.05) is 11.4 Å². The smallest absolute Gasteiger partial charge is 0.309 e. The Morgan fingerprint density at radius 3 is 2.78 bits per heavy atom. The molecule has 2 rings (SSSR count). The second kappa shape index (κ2) is 5.50. The van der Waals surface area contributed by atoms with Crippen molar-refractivity contribution in [3.63, 3.8) is 0 Å². The van der Waals surface area contributed by atoms with E-state index in [0.29, 0.717) is 0 Å². The molecule has 0 aromatic carbocycles. The number of nitrogens with two attached hydrogens (primary N) is 1. The molecular weight excluding hydrogens is 252 g/mol. The minimum absolute atomic E-state index is 0.108. The zero-order valence-electron chi connectivity index (χ0n) is 9.46. The van der Waals surface area contributed by atoms with Gasteiger partial charge in [0.15, 0.2) is 0 Å². The third kappa shape index (κ3) is 2.78. The Kier molecular flexibility index (Phi) is 3.78. The van der Waals surface area contributed by atoms with Crippen LogP contribution in [0.4, 0.5) is 0 Å². The quantitative estimate of drug-likeness (QED) is 0.810. The lowest BCUT2D eigenvalue weighted by Gasteiger charge is -2.13. The predicted molar refractivity (Wildman–Crippen MR) is 67.1 cm³/mol. The van der Waals surface area contributed by atoms with E-state index in [0.717, 1.165) is 10.6 Å². The maximum Gasteiger partial charge on any atom is 0.309 e. The first-order valence-electron chi connectivity index (χ1n) is 5.33. The van der Waals surface area contributed by atoms with E-state index in [-0.39, 0.29) is 12.5 Å². The van der Waals surface area contributed by atoms with Crippen molar-refractivity contribution in [1.82, 2.24) is 5.32 Å². The second-order valence-corrected chi connectivity index (χ2v) is 4.64. The third-order valence-corrected chi connectivity index (χ3v) is 3.45. The molecule has 0 unspecified atom stereocenters. The van der Waals surface area contributed by atoms with Gasteiger partial charge < -0.3 is 15.5 Å². The van der Waals surface area contributed by atoms with Gasteiger partial charge >= 0.3 is 11.8 Å². The Morgan fingerprint density at radius 1 is 1.39 bits per heavy atom. The van der Waals surface area contributed by atoms with Crippen molar-refractivity contribution in [3.05, 3.63) is 46.5 Å². The Bertz CT molecular complexity index is 485. The minimum atomic E-state index is -0.987. The maximum absolute atomic E-state index is 11.2. The van der Waals surface area contributed by atoms with Crippen LogP contribution in [0.1, 0.15) is 16.6 Å². The largest absolute Gasteiger partial charge is 0.469 e. The number of carbonyl (C=O) groups is 2. The highest BCUT2D eigenvalue weighted by molar-refractivity contribution is 7.10. The fourth-order valence-electron chi connectivity index (χ4n) is 1.60. The normalized spacial score (nSPS) is 12.0. The molecule has 1 atom stereocenters. The summed E-state index contributed by atoms with van der Waals surface area (Å²) >= 11 is 1.56. The van der Waals surface area contributed by atoms with Crippen molar-refractivity contribution in [2.45, 2.75) is 5.92 Å². The summed E-state index contributed by atoms with van der Waals surface area (Å²) in [5.41, 5.74) is 4.89. The van der Waals surface area contributed by atoms with Gasteiger partial charge in [0.25, 0.3) is 0 Å². The standard InChI is InChI=1S/C12H12N2O3S/c13-11(15)12(16)14-7-8(9-3-1-5-17-9)10-4-2-6-18-10/h1-6,8H,7H2,(H2,13,15)(H,14,16)/t8-/m1/s1. The molecule has 0 aliphatic rings. The lowest BCUT2D eigenvalue weighted by Crippen LogP contribution is -2.38. The molecule has 0 bridgehead atoms. The summed E-state index contributed by atoms with van der Waals surface area (Å²) in [6.07, 6.45) is 1.58. The third-order valence-electron chi connectivity index (χ3n) is 2.46. The summed E-state index contributed by atoms with van der Waals surface area (Å²) < 4.78 is 5.35. The van der Waals surface area contributed by atoms with Crippen LogP contribution >= 0.6 is 11.3 Å². The first kappa shape index (κ1) is 12.4. The van der Waals surface area contributed by atoms with Gasteiger partial charge in [0.1, 0.15) is 5.76 Å². The molecule has 0 spiro atoms. The van der Waals surface area contributed by atoms with Crippen LogP contribution in [0.2, 0.25) is 0 Å². The number of amides is 2. The summed E-state index contributed by atoms with van der Waals surface area (Å²) in [5.74, 6) is -1.15. The SMILES string of the molecule is NC(=O)C(=O)NC[C@H](c1ccco1)c1cccs1. The van der Waals surface area contributed by atoms with Crippen LogP contribution in [-0.2, 0) is 9.59 Å². The van der Waals surface area contributed by atoms with E-state index >= 15 is 0 Å². The van der Waals surface area contributed by atoms with Crippen molar-refractivity contribution in [3.8, 4) is 0 Å². The number of rotatable bonds is 4. The van der Waals surface area contributed by atoms with E-state index in [1.807, 2.05) is 23.6 Å². The molecule has 2 aromatic rings. The Hall–Kier alpha value is -2.08. The highest BCUT2D eigenvalue weighted by Gasteiger charge is 2.20. The fourth-order valence-corrected chi connectivity index (χ4v) is 2.44. The lowest BCUT2D eigenvalue weighted by molar-refractivity contribution is -0.137. The second-order valence-electron chi connectivity index (χ2n) is 3.66. The van der Waals surface area contributed by atoms with Crippen molar-refractivity contribution in [1.29, 1.82) is 0 Å². The van der Waals surface area contributed by atoms with E-state index in [4.69, 9.17) is 10.2 Å². The summed E-state index contributed by atoms with van der Waals surface area (Å²) in [4.78, 5) is 22.9. The van der Waals surface area contributed by atoms with E-state index < -0.39 is 11.8 Å². The Balaban J connectivity index is 2.12. The molecule has 0 saturated carbocycles. The summed E-state index contributed by atoms with van der Waals surface area (Å²) in [6.45, 7) is 0.274. The number of nitrogens with one attached hydrogen (secondary N) is 1. The number of carbonyl (C=O) groups excluding carboxylic acids is 2. The number of primary amides is 1. The van der Waals surface area contributed by atoms with Gasteiger partial charge in [-0.1, -0.05) is 6.07 Å². The highest BCUT2D eigenvalue weighted by Crippen LogP contribution is 2.27. The van der Waals surface area contributed by atoms with Gasteiger partial charge in [-0.3, -0.25) is 9.59 Å². The number of thiophene rings is 1. The number of hydrogen-bond donors (Lipinski definition) is 2. The zero-order chi connectivity index (χ0) is 13.0. The zero-order valence-corrected chi connectivity index (χ0v) is 10.3. The van der Waals surface area contributed by atoms with Crippen LogP contribution in [0.3, 0.4) is 0 Å². The molecule has 3 N–H and O–H groups in total. The van der Waals surface area contributed by atoms with Crippen molar-refractivity contribution in [2.24, 2.45) is 5.73 Å². The molecule has 0 radical (unpaired) electrons. The number of furan rings is 1. The lowest BCUT2D eigenvalue weighted by atomic mass is 10.0. The molecule has 5 nitrogen and oxygen atoms in total. The average Bonchev–Trinajstić information content (AvgIpc) is 3.01. The molecular formula is C12H12N2O3S. The van der Waals surface area contributed by atoms with Crippen LogP contribution in [0, 0.1) is 0 Å². The van der Waals surface area contributed by atoms with Gasteiger partial charge in [-0.25, -0.2) is 0 Å². The van der Waals surface area contributed by atoms with Gasteiger partial charge in [-0.05, 0) is 23.6 Å². The first-order valence-corrected chi connectivity index (χ1v) is 6.21. The van der Waals surface area contributed by atoms with Gasteiger partial charge in [0.2, 0.25) is 0 Å². The summed E-state index contributed by atoms with van der Waals surface area (Å²) in [5, 5.41) is 4.44. The average molecular weight is 264 g/mol. The van der Waals surface area contributed by atoms with Crippen LogP contribution in [0.25, 0.3) is 0 Å². The first-order chi connectivity index (χ1) is 8.68. The predicted octanol–water partition coefficient (Wildman–Crippen LogP) is 1.07. The van der Waals surface area contributed by atoms with Crippen LogP contribution < -0.4 is 11.1 Å². The van der Waals surface area contributed by atoms with E-state index in [1.54, 1.807) is 23.7 Å². The maximum atomic E-state index is 11.2. The van der Waals surface area contributed by atoms with Gasteiger partial charge in [0.05, 0.1) is 12.2 Å². The fraction of sp³-hybridized carbons (Fsp3) is 0.167. The Labute approximate surface area is 108 Å². The summed E-state index contributed by atoms with van der Waals surface area (Å²) in [6, 6.07) is 7.49. The molecule has 94 valence electrons.